The normalized spacial score (nSPS) is 24.0. The molecule has 9 heteroatoms. The van der Waals surface area contributed by atoms with Crippen molar-refractivity contribution in [3.05, 3.63) is 35.9 Å². The van der Waals surface area contributed by atoms with Crippen LogP contribution in [0.3, 0.4) is 0 Å². The Hall–Kier alpha value is -3.10. The zero-order valence-corrected chi connectivity index (χ0v) is 26.8. The Kier molecular flexibility index (Phi) is 10.4. The number of alkyl carbamates (subject to hydrolysis) is 1. The SMILES string of the molecule is CC(C)(C)OC(=O)[C@@H]1[C@H]2CCC[C@H]2CN1C(=O)[C@H](NC(=O)[C@H](NC(=O)OCc1ccccc1)C1CCCCC1)C(C)(C)C. The molecule has 5 atom stereocenters. The Labute approximate surface area is 256 Å². The van der Waals surface area contributed by atoms with Crippen molar-refractivity contribution in [1.29, 1.82) is 0 Å². The van der Waals surface area contributed by atoms with Crippen LogP contribution < -0.4 is 10.6 Å². The van der Waals surface area contributed by atoms with Gasteiger partial charge in [0.1, 0.15) is 30.3 Å². The minimum atomic E-state index is -0.892. The molecule has 1 aromatic rings. The third-order valence-corrected chi connectivity index (χ3v) is 9.11. The molecule has 2 saturated carbocycles. The van der Waals surface area contributed by atoms with Crippen LogP contribution in [0.15, 0.2) is 30.3 Å². The van der Waals surface area contributed by atoms with Gasteiger partial charge < -0.3 is 25.0 Å². The number of nitrogens with zero attached hydrogens (tertiary/aromatic N) is 1. The first-order valence-corrected chi connectivity index (χ1v) is 16.1. The average Bonchev–Trinajstić information content (AvgIpc) is 3.54. The van der Waals surface area contributed by atoms with Gasteiger partial charge in [-0.2, -0.15) is 0 Å². The van der Waals surface area contributed by atoms with Gasteiger partial charge in [0.2, 0.25) is 11.8 Å². The summed E-state index contributed by atoms with van der Waals surface area (Å²) in [7, 11) is 0. The Morgan fingerprint density at radius 2 is 1.56 bits per heavy atom. The summed E-state index contributed by atoms with van der Waals surface area (Å²) in [5.74, 6) is -0.809. The zero-order valence-electron chi connectivity index (χ0n) is 26.8. The fourth-order valence-electron chi connectivity index (χ4n) is 7.00. The first kappa shape index (κ1) is 32.8. The maximum Gasteiger partial charge on any atom is 0.408 e. The molecule has 2 N–H and O–H groups in total. The summed E-state index contributed by atoms with van der Waals surface area (Å²) < 4.78 is 11.3. The second-order valence-electron chi connectivity index (χ2n) is 14.7. The number of benzene rings is 1. The number of rotatable bonds is 8. The van der Waals surface area contributed by atoms with E-state index in [1.165, 1.54) is 0 Å². The summed E-state index contributed by atoms with van der Waals surface area (Å²) in [5, 5.41) is 5.87. The molecule has 9 nitrogen and oxygen atoms in total. The van der Waals surface area contributed by atoms with E-state index in [2.05, 4.69) is 10.6 Å². The number of likely N-dealkylation sites (tertiary alicyclic amines) is 1. The predicted octanol–water partition coefficient (Wildman–Crippen LogP) is 5.36. The highest BCUT2D eigenvalue weighted by molar-refractivity contribution is 5.94. The molecule has 0 radical (unpaired) electrons. The highest BCUT2D eigenvalue weighted by atomic mass is 16.6. The number of esters is 1. The lowest BCUT2D eigenvalue weighted by molar-refractivity contribution is -0.165. The minimum absolute atomic E-state index is 0.0607. The largest absolute Gasteiger partial charge is 0.458 e. The van der Waals surface area contributed by atoms with Gasteiger partial charge >= 0.3 is 12.1 Å². The molecule has 1 aliphatic heterocycles. The molecule has 1 saturated heterocycles. The molecule has 0 aromatic heterocycles. The fraction of sp³-hybridized carbons (Fsp3) is 0.706. The quantitative estimate of drug-likeness (QED) is 0.390. The number of nitrogens with one attached hydrogen (secondary N) is 2. The van der Waals surface area contributed by atoms with E-state index in [1.807, 2.05) is 71.9 Å². The number of hydrogen-bond donors (Lipinski definition) is 2. The van der Waals surface area contributed by atoms with Crippen molar-refractivity contribution >= 4 is 23.9 Å². The summed E-state index contributed by atoms with van der Waals surface area (Å²) in [6, 6.07) is 6.99. The summed E-state index contributed by atoms with van der Waals surface area (Å²) in [5.41, 5.74) is -0.466. The van der Waals surface area contributed by atoms with Crippen LogP contribution in [0.5, 0.6) is 0 Å². The lowest BCUT2D eigenvalue weighted by Gasteiger charge is -2.38. The maximum absolute atomic E-state index is 14.3. The van der Waals surface area contributed by atoms with Gasteiger partial charge in [-0.3, -0.25) is 9.59 Å². The van der Waals surface area contributed by atoms with E-state index >= 15 is 0 Å². The van der Waals surface area contributed by atoms with Crippen LogP contribution in [-0.2, 0) is 30.5 Å². The Bertz CT molecular complexity index is 1140. The number of amides is 3. The summed E-state index contributed by atoms with van der Waals surface area (Å²) in [4.78, 5) is 56.3. The van der Waals surface area contributed by atoms with E-state index in [4.69, 9.17) is 9.47 Å². The second kappa shape index (κ2) is 13.7. The third-order valence-electron chi connectivity index (χ3n) is 9.11. The van der Waals surface area contributed by atoms with Crippen LogP contribution in [-0.4, -0.2) is 59.0 Å². The van der Waals surface area contributed by atoms with Crippen molar-refractivity contribution in [2.45, 2.75) is 123 Å². The van der Waals surface area contributed by atoms with Crippen LogP contribution in [0.25, 0.3) is 0 Å². The molecule has 3 amide bonds. The molecule has 238 valence electrons. The number of ether oxygens (including phenoxy) is 2. The molecular weight excluding hydrogens is 546 g/mol. The standard InChI is InChI=1S/C34H51N3O6/c1-33(2,3)28(30(39)37-20-24-18-13-19-25(24)27(37)31(40)43-34(4,5)6)36-29(38)26(23-16-11-8-12-17-23)35-32(41)42-21-22-14-9-7-10-15-22/h7,9-10,14-15,23-28H,8,11-13,16-21H2,1-6H3,(H,35,41)(H,36,38)/t24-,25-,26+,27-,28-/m0/s1. The highest BCUT2D eigenvalue weighted by Crippen LogP contribution is 2.44. The lowest BCUT2D eigenvalue weighted by Crippen LogP contribution is -2.61. The van der Waals surface area contributed by atoms with Gasteiger partial charge in [-0.1, -0.05) is 76.8 Å². The predicted molar refractivity (Wildman–Crippen MR) is 164 cm³/mol. The molecular formula is C34H51N3O6. The molecule has 4 rings (SSSR count). The third kappa shape index (κ3) is 8.51. The number of carbonyl (C=O) groups excluding carboxylic acids is 4. The van der Waals surface area contributed by atoms with Crippen molar-refractivity contribution < 1.29 is 28.7 Å². The van der Waals surface area contributed by atoms with E-state index in [1.54, 1.807) is 4.90 Å². The van der Waals surface area contributed by atoms with Gasteiger partial charge in [0.25, 0.3) is 0 Å². The van der Waals surface area contributed by atoms with Crippen LogP contribution in [0.1, 0.15) is 98.5 Å². The Morgan fingerprint density at radius 1 is 0.884 bits per heavy atom. The lowest BCUT2D eigenvalue weighted by atomic mass is 9.82. The molecule has 1 aromatic carbocycles. The van der Waals surface area contributed by atoms with E-state index in [-0.39, 0.29) is 36.2 Å². The zero-order chi connectivity index (χ0) is 31.4. The van der Waals surface area contributed by atoms with Gasteiger partial charge in [-0.25, -0.2) is 9.59 Å². The molecule has 3 aliphatic rings. The van der Waals surface area contributed by atoms with Gasteiger partial charge in [0.05, 0.1) is 0 Å². The van der Waals surface area contributed by atoms with Crippen molar-refractivity contribution in [1.82, 2.24) is 15.5 Å². The molecule has 1 heterocycles. The van der Waals surface area contributed by atoms with Gasteiger partial charge in [0.15, 0.2) is 0 Å². The number of fused-ring (bicyclic) bond motifs is 1. The summed E-state index contributed by atoms with van der Waals surface area (Å²) in [6.07, 6.45) is 6.88. The minimum Gasteiger partial charge on any atom is -0.458 e. The van der Waals surface area contributed by atoms with Crippen molar-refractivity contribution in [2.24, 2.45) is 23.2 Å². The van der Waals surface area contributed by atoms with Crippen LogP contribution in [0, 0.1) is 23.2 Å². The summed E-state index contributed by atoms with van der Waals surface area (Å²) in [6.45, 7) is 11.8. The van der Waals surface area contributed by atoms with E-state index < -0.39 is 41.1 Å². The Balaban J connectivity index is 1.52. The van der Waals surface area contributed by atoms with E-state index in [0.717, 1.165) is 56.9 Å². The number of hydrogen-bond acceptors (Lipinski definition) is 6. The second-order valence-corrected chi connectivity index (χ2v) is 14.7. The fourth-order valence-corrected chi connectivity index (χ4v) is 7.00. The van der Waals surface area contributed by atoms with Gasteiger partial charge in [0, 0.05) is 6.54 Å². The van der Waals surface area contributed by atoms with Gasteiger partial charge in [-0.05, 0) is 75.2 Å². The van der Waals surface area contributed by atoms with Crippen molar-refractivity contribution in [3.8, 4) is 0 Å². The average molecular weight is 598 g/mol. The topological polar surface area (TPSA) is 114 Å². The van der Waals surface area contributed by atoms with Crippen LogP contribution in [0.2, 0.25) is 0 Å². The molecule has 3 fully saturated rings. The number of carbonyl (C=O) groups is 4. The molecule has 43 heavy (non-hydrogen) atoms. The summed E-state index contributed by atoms with van der Waals surface area (Å²) >= 11 is 0. The van der Waals surface area contributed by atoms with Crippen molar-refractivity contribution in [3.63, 3.8) is 0 Å². The molecule has 0 unspecified atom stereocenters. The monoisotopic (exact) mass is 597 g/mol. The first-order valence-electron chi connectivity index (χ1n) is 16.1. The van der Waals surface area contributed by atoms with Gasteiger partial charge in [-0.15, -0.1) is 0 Å². The molecule has 0 bridgehead atoms. The van der Waals surface area contributed by atoms with Crippen LogP contribution >= 0.6 is 0 Å². The Morgan fingerprint density at radius 3 is 2.19 bits per heavy atom. The highest BCUT2D eigenvalue weighted by Gasteiger charge is 2.53. The maximum atomic E-state index is 14.3. The van der Waals surface area contributed by atoms with E-state index in [9.17, 15) is 19.2 Å². The molecule has 2 aliphatic carbocycles. The first-order chi connectivity index (χ1) is 20.2. The molecule has 0 spiro atoms. The van der Waals surface area contributed by atoms with Crippen molar-refractivity contribution in [2.75, 3.05) is 6.54 Å². The van der Waals surface area contributed by atoms with Crippen LogP contribution in [0.4, 0.5) is 4.79 Å². The smallest absolute Gasteiger partial charge is 0.408 e. The van der Waals surface area contributed by atoms with E-state index in [0.29, 0.717) is 6.54 Å².